The molecule has 3 amide bonds. The van der Waals surface area contributed by atoms with E-state index in [0.29, 0.717) is 30.0 Å². The first-order chi connectivity index (χ1) is 13.8. The fourth-order valence-electron chi connectivity index (χ4n) is 3.33. The van der Waals surface area contributed by atoms with E-state index in [1.165, 1.54) is 11.0 Å². The van der Waals surface area contributed by atoms with E-state index in [1.807, 2.05) is 30.3 Å². The van der Waals surface area contributed by atoms with Crippen molar-refractivity contribution in [1.82, 2.24) is 9.80 Å². The molecule has 0 spiro atoms. The minimum absolute atomic E-state index is 0.0241. The maximum atomic E-state index is 12.8. The summed E-state index contributed by atoms with van der Waals surface area (Å²) >= 11 is 0. The van der Waals surface area contributed by atoms with Crippen LogP contribution >= 0.6 is 0 Å². The van der Waals surface area contributed by atoms with Crippen LogP contribution in [0, 0.1) is 5.92 Å². The second-order valence-corrected chi connectivity index (χ2v) is 7.87. The molecule has 1 atom stereocenters. The molecule has 3 rings (SSSR count). The smallest absolute Gasteiger partial charge is 0.261 e. The summed E-state index contributed by atoms with van der Waals surface area (Å²) in [5, 5.41) is 0. The topological polar surface area (TPSA) is 83.7 Å². The Balaban J connectivity index is 1.74. The predicted molar refractivity (Wildman–Crippen MR) is 111 cm³/mol. The number of imide groups is 1. The summed E-state index contributed by atoms with van der Waals surface area (Å²) in [4.78, 5) is 41.1. The van der Waals surface area contributed by atoms with Crippen molar-refractivity contribution in [3.8, 4) is 0 Å². The Morgan fingerprint density at radius 2 is 1.69 bits per heavy atom. The Morgan fingerprint density at radius 1 is 1.03 bits per heavy atom. The van der Waals surface area contributed by atoms with Crippen molar-refractivity contribution in [3.63, 3.8) is 0 Å². The lowest BCUT2D eigenvalue weighted by atomic mass is 10.0. The SMILES string of the molecule is CC(C)C(N)CCN(C)C(=O)c1ccc2c(c1)C(=O)N(Cc1ccccc1)C2=O. The Kier molecular flexibility index (Phi) is 6.13. The highest BCUT2D eigenvalue weighted by atomic mass is 16.2. The minimum Gasteiger partial charge on any atom is -0.342 e. The Labute approximate surface area is 171 Å². The van der Waals surface area contributed by atoms with E-state index < -0.39 is 0 Å². The first-order valence-corrected chi connectivity index (χ1v) is 9.84. The molecule has 0 saturated carbocycles. The molecule has 2 aromatic carbocycles. The third kappa shape index (κ3) is 4.38. The fourth-order valence-corrected chi connectivity index (χ4v) is 3.33. The van der Waals surface area contributed by atoms with E-state index in [2.05, 4.69) is 13.8 Å². The zero-order chi connectivity index (χ0) is 21.1. The Bertz CT molecular complexity index is 924. The van der Waals surface area contributed by atoms with Gasteiger partial charge in [-0.05, 0) is 36.1 Å². The van der Waals surface area contributed by atoms with E-state index in [9.17, 15) is 14.4 Å². The van der Waals surface area contributed by atoms with E-state index in [1.54, 1.807) is 24.1 Å². The van der Waals surface area contributed by atoms with Crippen molar-refractivity contribution in [3.05, 3.63) is 70.8 Å². The number of rotatable bonds is 7. The van der Waals surface area contributed by atoms with Crippen molar-refractivity contribution in [2.45, 2.75) is 32.9 Å². The van der Waals surface area contributed by atoms with Gasteiger partial charge in [-0.15, -0.1) is 0 Å². The molecule has 2 N–H and O–H groups in total. The lowest BCUT2D eigenvalue weighted by molar-refractivity contribution is 0.0642. The molecule has 2 aromatic rings. The van der Waals surface area contributed by atoms with Gasteiger partial charge in [0, 0.05) is 25.2 Å². The van der Waals surface area contributed by atoms with Crippen LogP contribution in [-0.4, -0.2) is 47.2 Å². The van der Waals surface area contributed by atoms with Gasteiger partial charge in [0.25, 0.3) is 17.7 Å². The number of hydrogen-bond acceptors (Lipinski definition) is 4. The molecule has 1 heterocycles. The normalized spacial score (nSPS) is 14.3. The fraction of sp³-hybridized carbons (Fsp3) is 0.348. The van der Waals surface area contributed by atoms with Gasteiger partial charge >= 0.3 is 0 Å². The number of nitrogens with two attached hydrogens (primary N) is 1. The molecular formula is C23H27N3O3. The van der Waals surface area contributed by atoms with Crippen LogP contribution in [0.2, 0.25) is 0 Å². The molecule has 1 aliphatic rings. The maximum absolute atomic E-state index is 12.8. The monoisotopic (exact) mass is 393 g/mol. The van der Waals surface area contributed by atoms with Gasteiger partial charge < -0.3 is 10.6 Å². The molecular weight excluding hydrogens is 366 g/mol. The Hall–Kier alpha value is -2.99. The number of carbonyl (C=O) groups excluding carboxylic acids is 3. The first kappa shape index (κ1) is 20.7. The number of amides is 3. The van der Waals surface area contributed by atoms with Crippen LogP contribution in [0.4, 0.5) is 0 Å². The molecule has 1 unspecified atom stereocenters. The summed E-state index contributed by atoms with van der Waals surface area (Å²) in [5.74, 6) is -0.541. The molecule has 0 aromatic heterocycles. The van der Waals surface area contributed by atoms with Crippen LogP contribution < -0.4 is 5.73 Å². The number of benzene rings is 2. The summed E-state index contributed by atoms with van der Waals surface area (Å²) < 4.78 is 0. The number of fused-ring (bicyclic) bond motifs is 1. The zero-order valence-electron chi connectivity index (χ0n) is 17.1. The van der Waals surface area contributed by atoms with Gasteiger partial charge in [0.05, 0.1) is 17.7 Å². The second-order valence-electron chi connectivity index (χ2n) is 7.87. The van der Waals surface area contributed by atoms with Crippen LogP contribution in [-0.2, 0) is 6.54 Å². The van der Waals surface area contributed by atoms with Gasteiger partial charge in [-0.1, -0.05) is 44.2 Å². The minimum atomic E-state index is -0.368. The highest BCUT2D eigenvalue weighted by Crippen LogP contribution is 2.26. The van der Waals surface area contributed by atoms with Crippen molar-refractivity contribution in [2.75, 3.05) is 13.6 Å². The van der Waals surface area contributed by atoms with Crippen molar-refractivity contribution in [2.24, 2.45) is 11.7 Å². The zero-order valence-corrected chi connectivity index (χ0v) is 17.1. The third-order valence-corrected chi connectivity index (χ3v) is 5.40. The van der Waals surface area contributed by atoms with Gasteiger partial charge in [0.1, 0.15) is 0 Å². The van der Waals surface area contributed by atoms with Crippen LogP contribution in [0.5, 0.6) is 0 Å². The van der Waals surface area contributed by atoms with Gasteiger partial charge in [-0.2, -0.15) is 0 Å². The molecule has 0 saturated heterocycles. The second kappa shape index (κ2) is 8.57. The molecule has 6 nitrogen and oxygen atoms in total. The lowest BCUT2D eigenvalue weighted by Crippen LogP contribution is -2.34. The van der Waals surface area contributed by atoms with Crippen LogP contribution in [0.1, 0.15) is 56.9 Å². The Morgan fingerprint density at radius 3 is 2.34 bits per heavy atom. The molecule has 1 aliphatic heterocycles. The maximum Gasteiger partial charge on any atom is 0.261 e. The van der Waals surface area contributed by atoms with E-state index in [4.69, 9.17) is 5.73 Å². The molecule has 152 valence electrons. The van der Waals surface area contributed by atoms with Crippen LogP contribution in [0.3, 0.4) is 0 Å². The molecule has 0 radical (unpaired) electrons. The average Bonchev–Trinajstić information content (AvgIpc) is 2.96. The van der Waals surface area contributed by atoms with Crippen LogP contribution in [0.15, 0.2) is 48.5 Å². The van der Waals surface area contributed by atoms with Crippen molar-refractivity contribution in [1.29, 1.82) is 0 Å². The highest BCUT2D eigenvalue weighted by Gasteiger charge is 2.36. The number of nitrogens with zero attached hydrogens (tertiary/aromatic N) is 2. The van der Waals surface area contributed by atoms with E-state index >= 15 is 0 Å². The predicted octanol–water partition coefficient (Wildman–Crippen LogP) is 2.93. The highest BCUT2D eigenvalue weighted by molar-refractivity contribution is 6.22. The van der Waals surface area contributed by atoms with E-state index in [0.717, 1.165) is 5.56 Å². The standard InChI is InChI=1S/C23H27N3O3/c1-15(2)20(24)11-12-25(3)21(27)17-9-10-18-19(13-17)23(29)26(22(18)28)14-16-7-5-4-6-8-16/h4-10,13,15,20H,11-12,14,24H2,1-3H3. The lowest BCUT2D eigenvalue weighted by Gasteiger charge is -2.21. The number of hydrogen-bond donors (Lipinski definition) is 1. The largest absolute Gasteiger partial charge is 0.342 e. The molecule has 29 heavy (non-hydrogen) atoms. The van der Waals surface area contributed by atoms with Gasteiger partial charge in [0.15, 0.2) is 0 Å². The molecule has 6 heteroatoms. The van der Waals surface area contributed by atoms with E-state index in [-0.39, 0.29) is 35.9 Å². The molecule has 0 bridgehead atoms. The molecule has 0 fully saturated rings. The summed E-state index contributed by atoms with van der Waals surface area (Å²) in [5.41, 5.74) is 7.96. The quantitative estimate of drug-likeness (QED) is 0.733. The van der Waals surface area contributed by atoms with Crippen LogP contribution in [0.25, 0.3) is 0 Å². The summed E-state index contributed by atoms with van der Waals surface area (Å²) in [7, 11) is 1.72. The van der Waals surface area contributed by atoms with Crippen molar-refractivity contribution < 1.29 is 14.4 Å². The van der Waals surface area contributed by atoms with Crippen molar-refractivity contribution >= 4 is 17.7 Å². The first-order valence-electron chi connectivity index (χ1n) is 9.84. The van der Waals surface area contributed by atoms with Gasteiger partial charge in [0.2, 0.25) is 0 Å². The summed E-state index contributed by atoms with van der Waals surface area (Å²) in [6, 6.07) is 14.1. The van der Waals surface area contributed by atoms with Gasteiger partial charge in [-0.25, -0.2) is 0 Å². The number of carbonyl (C=O) groups is 3. The summed E-state index contributed by atoms with van der Waals surface area (Å²) in [6.07, 6.45) is 0.702. The average molecular weight is 393 g/mol. The third-order valence-electron chi connectivity index (χ3n) is 5.40. The molecule has 0 aliphatic carbocycles. The summed E-state index contributed by atoms with van der Waals surface area (Å²) in [6.45, 7) is 4.85. The van der Waals surface area contributed by atoms with Gasteiger partial charge in [-0.3, -0.25) is 19.3 Å².